The first-order valence-electron chi connectivity index (χ1n) is 11.6. The van der Waals surface area contributed by atoms with Gasteiger partial charge in [0.05, 0.1) is 25.5 Å². The van der Waals surface area contributed by atoms with Gasteiger partial charge in [0.25, 0.3) is 0 Å². The van der Waals surface area contributed by atoms with Crippen molar-refractivity contribution < 1.29 is 28.7 Å². The van der Waals surface area contributed by atoms with E-state index in [1.54, 1.807) is 54.6 Å². The average molecular weight is 509 g/mol. The van der Waals surface area contributed by atoms with Crippen LogP contribution in [0.2, 0.25) is 0 Å². The lowest BCUT2D eigenvalue weighted by atomic mass is 10.0. The number of amides is 2. The fourth-order valence-corrected chi connectivity index (χ4v) is 3.76. The van der Waals surface area contributed by atoms with Crippen LogP contribution in [0.3, 0.4) is 0 Å². The van der Waals surface area contributed by atoms with E-state index in [9.17, 15) is 19.2 Å². The predicted molar refractivity (Wildman–Crippen MR) is 143 cm³/mol. The zero-order valence-electron chi connectivity index (χ0n) is 20.7. The summed E-state index contributed by atoms with van der Waals surface area (Å²) in [5, 5.41) is 4.99. The monoisotopic (exact) mass is 508 g/mol. The van der Waals surface area contributed by atoms with Crippen LogP contribution in [0.1, 0.15) is 31.8 Å². The van der Waals surface area contributed by atoms with Crippen LogP contribution < -0.4 is 20.1 Å². The summed E-state index contributed by atoms with van der Waals surface area (Å²) in [6.07, 6.45) is 0. The van der Waals surface area contributed by atoms with Gasteiger partial charge in [0.15, 0.2) is 11.6 Å². The third-order valence-electron chi connectivity index (χ3n) is 5.69. The Hall–Kier alpha value is -5.24. The topological polar surface area (TPSA) is 111 Å². The molecule has 0 atom stereocenters. The molecule has 0 saturated carbocycles. The molecule has 4 aromatic rings. The Morgan fingerprint density at radius 1 is 0.553 bits per heavy atom. The number of anilines is 2. The maximum atomic E-state index is 12.8. The van der Waals surface area contributed by atoms with Crippen LogP contribution in [-0.4, -0.2) is 37.6 Å². The SMILES string of the molecule is COc1cc(C(=O)c2ccccc2)ccc1NC(=O)C(=O)Nc1ccc(C(=O)c2ccccc2)c(OC)c1. The van der Waals surface area contributed by atoms with E-state index < -0.39 is 11.8 Å². The second-order valence-electron chi connectivity index (χ2n) is 8.13. The lowest BCUT2D eigenvalue weighted by molar-refractivity contribution is -0.133. The summed E-state index contributed by atoms with van der Waals surface area (Å²) >= 11 is 0. The molecule has 2 N–H and O–H groups in total. The first-order valence-corrected chi connectivity index (χ1v) is 11.6. The number of carbonyl (C=O) groups is 4. The van der Waals surface area contributed by atoms with E-state index in [1.807, 2.05) is 12.1 Å². The maximum absolute atomic E-state index is 12.8. The molecule has 0 radical (unpaired) electrons. The number of hydrogen-bond donors (Lipinski definition) is 2. The summed E-state index contributed by atoms with van der Waals surface area (Å²) in [5.74, 6) is -1.87. The largest absolute Gasteiger partial charge is 0.496 e. The van der Waals surface area contributed by atoms with Gasteiger partial charge in [-0.2, -0.15) is 0 Å². The molecule has 0 heterocycles. The minimum atomic E-state index is -0.950. The predicted octanol–water partition coefficient (Wildman–Crippen LogP) is 4.74. The van der Waals surface area contributed by atoms with Gasteiger partial charge in [-0.25, -0.2) is 0 Å². The highest BCUT2D eigenvalue weighted by Gasteiger charge is 2.20. The molecule has 8 heteroatoms. The van der Waals surface area contributed by atoms with Gasteiger partial charge in [-0.3, -0.25) is 19.2 Å². The number of benzene rings is 4. The van der Waals surface area contributed by atoms with Crippen molar-refractivity contribution >= 4 is 34.8 Å². The van der Waals surface area contributed by atoms with Gasteiger partial charge in [0.1, 0.15) is 11.5 Å². The summed E-state index contributed by atoms with van der Waals surface area (Å²) in [7, 11) is 2.81. The standard InChI is InChI=1S/C30H24N2O6/c1-37-25-18-22(14-15-23(25)28(34)20-11-7-4-8-12-20)31-29(35)30(36)32-24-16-13-21(17-26(24)38-2)27(33)19-9-5-3-6-10-19/h3-18H,1-2H3,(H,31,35)(H,32,36). The summed E-state index contributed by atoms with van der Waals surface area (Å²) in [6, 6.07) is 26.5. The van der Waals surface area contributed by atoms with Crippen molar-refractivity contribution in [1.29, 1.82) is 0 Å². The van der Waals surface area contributed by atoms with Crippen molar-refractivity contribution in [1.82, 2.24) is 0 Å². The second-order valence-corrected chi connectivity index (χ2v) is 8.13. The quantitative estimate of drug-likeness (QED) is 0.263. The first-order chi connectivity index (χ1) is 18.4. The van der Waals surface area contributed by atoms with Crippen molar-refractivity contribution in [3.8, 4) is 11.5 Å². The number of ketones is 2. The molecular weight excluding hydrogens is 484 g/mol. The van der Waals surface area contributed by atoms with Gasteiger partial charge < -0.3 is 20.1 Å². The van der Waals surface area contributed by atoms with Crippen molar-refractivity contribution in [3.05, 3.63) is 119 Å². The minimum absolute atomic E-state index is 0.206. The highest BCUT2D eigenvalue weighted by Crippen LogP contribution is 2.28. The molecule has 4 aromatic carbocycles. The smallest absolute Gasteiger partial charge is 0.314 e. The van der Waals surface area contributed by atoms with Gasteiger partial charge in [-0.05, 0) is 30.3 Å². The number of carbonyl (C=O) groups excluding carboxylic acids is 4. The molecule has 0 spiro atoms. The number of ether oxygens (including phenoxy) is 2. The van der Waals surface area contributed by atoms with E-state index in [4.69, 9.17) is 9.47 Å². The van der Waals surface area contributed by atoms with Gasteiger partial charge in [-0.15, -0.1) is 0 Å². The maximum Gasteiger partial charge on any atom is 0.314 e. The number of rotatable bonds is 8. The van der Waals surface area contributed by atoms with Gasteiger partial charge in [0.2, 0.25) is 0 Å². The van der Waals surface area contributed by atoms with E-state index in [1.165, 1.54) is 44.6 Å². The van der Waals surface area contributed by atoms with Crippen LogP contribution in [0.25, 0.3) is 0 Å². The summed E-state index contributed by atoms with van der Waals surface area (Å²) in [5.41, 5.74) is 2.18. The lowest BCUT2D eigenvalue weighted by Gasteiger charge is -2.13. The highest BCUT2D eigenvalue weighted by molar-refractivity contribution is 6.43. The molecule has 0 aromatic heterocycles. The van der Waals surface area contributed by atoms with Crippen molar-refractivity contribution in [2.75, 3.05) is 24.9 Å². The first kappa shape index (κ1) is 25.8. The minimum Gasteiger partial charge on any atom is -0.496 e. The van der Waals surface area contributed by atoms with Gasteiger partial charge >= 0.3 is 11.8 Å². The Bertz CT molecular complexity index is 1500. The van der Waals surface area contributed by atoms with Crippen LogP contribution in [0.5, 0.6) is 11.5 Å². The zero-order chi connectivity index (χ0) is 27.1. The molecule has 0 aliphatic rings. The Labute approximate surface area is 219 Å². The fraction of sp³-hybridized carbons (Fsp3) is 0.0667. The molecule has 0 fully saturated rings. The molecule has 0 aliphatic heterocycles. The van der Waals surface area contributed by atoms with Crippen LogP contribution in [0, 0.1) is 0 Å². The van der Waals surface area contributed by atoms with Gasteiger partial charge in [-0.1, -0.05) is 60.7 Å². The Kier molecular flexibility index (Phi) is 7.93. The molecular formula is C30H24N2O6. The van der Waals surface area contributed by atoms with E-state index in [2.05, 4.69) is 10.6 Å². The van der Waals surface area contributed by atoms with Crippen LogP contribution in [-0.2, 0) is 9.59 Å². The summed E-state index contributed by atoms with van der Waals surface area (Å²) < 4.78 is 10.7. The molecule has 8 nitrogen and oxygen atoms in total. The van der Waals surface area contributed by atoms with E-state index in [0.29, 0.717) is 22.3 Å². The number of methoxy groups -OCH3 is 2. The summed E-state index contributed by atoms with van der Waals surface area (Å²) in [6.45, 7) is 0. The van der Waals surface area contributed by atoms with Crippen molar-refractivity contribution in [3.63, 3.8) is 0 Å². The molecule has 0 aliphatic carbocycles. The Balaban J connectivity index is 1.46. The van der Waals surface area contributed by atoms with Crippen LogP contribution in [0.15, 0.2) is 97.1 Å². The third kappa shape index (κ3) is 5.76. The van der Waals surface area contributed by atoms with E-state index >= 15 is 0 Å². The molecule has 0 unspecified atom stereocenters. The van der Waals surface area contributed by atoms with Crippen molar-refractivity contribution in [2.24, 2.45) is 0 Å². The van der Waals surface area contributed by atoms with Gasteiger partial charge in [0, 0.05) is 28.4 Å². The Morgan fingerprint density at radius 2 is 1.13 bits per heavy atom. The van der Waals surface area contributed by atoms with Crippen LogP contribution in [0.4, 0.5) is 11.4 Å². The average Bonchev–Trinajstić information content (AvgIpc) is 2.97. The highest BCUT2D eigenvalue weighted by atomic mass is 16.5. The lowest BCUT2D eigenvalue weighted by Crippen LogP contribution is -2.29. The zero-order valence-corrected chi connectivity index (χ0v) is 20.7. The molecule has 2 amide bonds. The molecule has 190 valence electrons. The van der Waals surface area contributed by atoms with Crippen LogP contribution >= 0.6 is 0 Å². The molecule has 4 rings (SSSR count). The molecule has 0 saturated heterocycles. The fourth-order valence-electron chi connectivity index (χ4n) is 3.76. The summed E-state index contributed by atoms with van der Waals surface area (Å²) in [4.78, 5) is 50.7. The van der Waals surface area contributed by atoms with Crippen molar-refractivity contribution in [2.45, 2.75) is 0 Å². The molecule has 0 bridgehead atoms. The second kappa shape index (κ2) is 11.7. The number of hydrogen-bond acceptors (Lipinski definition) is 6. The van der Waals surface area contributed by atoms with E-state index in [0.717, 1.165) is 0 Å². The Morgan fingerprint density at radius 3 is 1.74 bits per heavy atom. The normalized spacial score (nSPS) is 10.3. The molecule has 38 heavy (non-hydrogen) atoms. The van der Waals surface area contributed by atoms with E-state index in [-0.39, 0.29) is 34.4 Å². The number of nitrogens with one attached hydrogen (secondary N) is 2. The third-order valence-corrected chi connectivity index (χ3v) is 5.69.